The maximum atomic E-state index is 12.5. The smallest absolute Gasteiger partial charge is 0.339 e. The van der Waals surface area contributed by atoms with Gasteiger partial charge in [-0.1, -0.05) is 30.3 Å². The second kappa shape index (κ2) is 7.13. The minimum Gasteiger partial charge on any atom is -0.497 e. The van der Waals surface area contributed by atoms with E-state index in [1.165, 1.54) is 6.92 Å². The zero-order valence-electron chi connectivity index (χ0n) is 14.0. The number of esters is 1. The highest BCUT2D eigenvalue weighted by Crippen LogP contribution is 2.28. The summed E-state index contributed by atoms with van der Waals surface area (Å²) in [5.74, 6) is -0.164. The van der Waals surface area contributed by atoms with Gasteiger partial charge in [0, 0.05) is 10.9 Å². The van der Waals surface area contributed by atoms with Gasteiger partial charge in [0.1, 0.15) is 12.4 Å². The van der Waals surface area contributed by atoms with Gasteiger partial charge in [-0.2, -0.15) is 0 Å². The summed E-state index contributed by atoms with van der Waals surface area (Å²) in [5, 5.41) is 0.618. The Morgan fingerprint density at radius 2 is 1.80 bits per heavy atom. The molecule has 1 heterocycles. The van der Waals surface area contributed by atoms with Crippen molar-refractivity contribution in [2.75, 3.05) is 13.7 Å². The number of aromatic nitrogens is 1. The molecule has 0 aliphatic heterocycles. The molecule has 2 aromatic carbocycles. The van der Waals surface area contributed by atoms with Gasteiger partial charge in [-0.3, -0.25) is 4.79 Å². The van der Waals surface area contributed by atoms with Gasteiger partial charge in [0.2, 0.25) is 0 Å². The van der Waals surface area contributed by atoms with Gasteiger partial charge < -0.3 is 9.47 Å². The number of fused-ring (bicyclic) bond motifs is 1. The third-order valence-corrected chi connectivity index (χ3v) is 3.71. The quantitative estimate of drug-likeness (QED) is 0.666. The van der Waals surface area contributed by atoms with E-state index in [0.29, 0.717) is 27.9 Å². The van der Waals surface area contributed by atoms with Crippen LogP contribution in [0, 0.1) is 0 Å². The number of hydrogen-bond acceptors (Lipinski definition) is 5. The Kier molecular flexibility index (Phi) is 4.75. The highest BCUT2D eigenvalue weighted by Gasteiger charge is 2.16. The first-order chi connectivity index (χ1) is 12.1. The molecule has 0 aliphatic rings. The zero-order chi connectivity index (χ0) is 17.8. The Morgan fingerprint density at radius 1 is 1.04 bits per heavy atom. The topological polar surface area (TPSA) is 65.5 Å². The minimum atomic E-state index is -0.562. The van der Waals surface area contributed by atoms with Crippen LogP contribution < -0.4 is 4.74 Å². The molecule has 0 saturated carbocycles. The Morgan fingerprint density at radius 3 is 2.48 bits per heavy atom. The minimum absolute atomic E-state index is 0.215. The summed E-state index contributed by atoms with van der Waals surface area (Å²) in [7, 11) is 1.56. The monoisotopic (exact) mass is 335 g/mol. The van der Waals surface area contributed by atoms with Gasteiger partial charge in [0.15, 0.2) is 5.78 Å². The van der Waals surface area contributed by atoms with E-state index in [0.717, 1.165) is 5.56 Å². The van der Waals surface area contributed by atoms with Crippen LogP contribution in [0.15, 0.2) is 54.6 Å². The fourth-order valence-electron chi connectivity index (χ4n) is 2.50. The first-order valence-electron chi connectivity index (χ1n) is 7.79. The van der Waals surface area contributed by atoms with Gasteiger partial charge in [0.25, 0.3) is 0 Å². The van der Waals surface area contributed by atoms with E-state index in [1.807, 2.05) is 30.3 Å². The Bertz CT molecular complexity index is 935. The predicted molar refractivity (Wildman–Crippen MR) is 94.7 cm³/mol. The van der Waals surface area contributed by atoms with Crippen molar-refractivity contribution in [3.05, 3.63) is 60.2 Å². The third-order valence-electron chi connectivity index (χ3n) is 3.71. The fourth-order valence-corrected chi connectivity index (χ4v) is 2.50. The number of Topliss-reactive ketones (excluding diaryl/α,β-unsaturated/α-hetero) is 1. The van der Waals surface area contributed by atoms with Crippen molar-refractivity contribution < 1.29 is 19.1 Å². The maximum Gasteiger partial charge on any atom is 0.339 e. The lowest BCUT2D eigenvalue weighted by molar-refractivity contribution is -0.120. The number of hydrogen-bond donors (Lipinski definition) is 0. The number of rotatable bonds is 5. The molecule has 0 fully saturated rings. The van der Waals surface area contributed by atoms with Crippen molar-refractivity contribution in [3.8, 4) is 17.0 Å². The van der Waals surface area contributed by atoms with Crippen molar-refractivity contribution in [3.63, 3.8) is 0 Å². The number of pyridine rings is 1. The lowest BCUT2D eigenvalue weighted by atomic mass is 10.0. The summed E-state index contributed by atoms with van der Waals surface area (Å²) in [6.45, 7) is 1.11. The molecule has 5 nitrogen and oxygen atoms in total. The van der Waals surface area contributed by atoms with Crippen LogP contribution in [0.2, 0.25) is 0 Å². The van der Waals surface area contributed by atoms with Crippen LogP contribution in [-0.2, 0) is 9.53 Å². The fraction of sp³-hybridized carbons (Fsp3) is 0.150. The first-order valence-corrected chi connectivity index (χ1v) is 7.79. The summed E-state index contributed by atoms with van der Waals surface area (Å²) >= 11 is 0. The normalized spacial score (nSPS) is 10.5. The molecule has 126 valence electrons. The Hall–Kier alpha value is -3.21. The Balaban J connectivity index is 2.15. The highest BCUT2D eigenvalue weighted by atomic mass is 16.5. The molecular weight excluding hydrogens is 318 g/mol. The van der Waals surface area contributed by atoms with Crippen molar-refractivity contribution in [2.45, 2.75) is 6.92 Å². The number of ketones is 1. The average Bonchev–Trinajstić information content (AvgIpc) is 2.65. The van der Waals surface area contributed by atoms with Crippen LogP contribution in [0.25, 0.3) is 22.2 Å². The van der Waals surface area contributed by atoms with Crippen LogP contribution in [-0.4, -0.2) is 30.5 Å². The van der Waals surface area contributed by atoms with E-state index in [9.17, 15) is 9.59 Å². The van der Waals surface area contributed by atoms with Crippen LogP contribution in [0.5, 0.6) is 5.75 Å². The van der Waals surface area contributed by atoms with Gasteiger partial charge in [-0.05, 0) is 31.2 Å². The van der Waals surface area contributed by atoms with Gasteiger partial charge in [-0.25, -0.2) is 9.78 Å². The van der Waals surface area contributed by atoms with E-state index in [-0.39, 0.29) is 12.4 Å². The van der Waals surface area contributed by atoms with E-state index >= 15 is 0 Å². The van der Waals surface area contributed by atoms with Crippen molar-refractivity contribution >= 4 is 22.7 Å². The molecule has 0 N–H and O–H groups in total. The number of benzene rings is 2. The van der Waals surface area contributed by atoms with Crippen molar-refractivity contribution in [2.24, 2.45) is 0 Å². The second-order valence-corrected chi connectivity index (χ2v) is 5.58. The average molecular weight is 335 g/mol. The third kappa shape index (κ3) is 3.66. The lowest BCUT2D eigenvalue weighted by Gasteiger charge is -2.11. The Labute approximate surface area is 145 Å². The largest absolute Gasteiger partial charge is 0.497 e. The molecule has 0 radical (unpaired) electrons. The van der Waals surface area contributed by atoms with Gasteiger partial charge in [-0.15, -0.1) is 0 Å². The van der Waals surface area contributed by atoms with E-state index in [4.69, 9.17) is 9.47 Å². The summed E-state index contributed by atoms with van der Waals surface area (Å²) in [4.78, 5) is 28.3. The van der Waals surface area contributed by atoms with E-state index < -0.39 is 5.97 Å². The molecule has 0 aliphatic carbocycles. The standard InChI is InChI=1S/C20H17NO4/c1-13(22)12-25-20(23)17-11-19(14-6-4-3-5-7-14)21-18-9-8-15(24-2)10-16(17)18/h3-11H,12H2,1-2H3. The number of nitrogens with zero attached hydrogens (tertiary/aromatic N) is 1. The number of methoxy groups -OCH3 is 1. The van der Waals surface area contributed by atoms with Crippen LogP contribution >= 0.6 is 0 Å². The molecule has 3 rings (SSSR count). The molecule has 25 heavy (non-hydrogen) atoms. The second-order valence-electron chi connectivity index (χ2n) is 5.58. The molecule has 0 amide bonds. The number of carbonyl (C=O) groups is 2. The molecule has 0 unspecified atom stereocenters. The summed E-state index contributed by atoms with van der Waals surface area (Å²) < 4.78 is 10.3. The van der Waals surface area contributed by atoms with Crippen molar-refractivity contribution in [1.29, 1.82) is 0 Å². The van der Waals surface area contributed by atoms with Gasteiger partial charge in [0.05, 0.1) is 23.9 Å². The zero-order valence-corrected chi connectivity index (χ0v) is 14.0. The first kappa shape index (κ1) is 16.6. The lowest BCUT2D eigenvalue weighted by Crippen LogP contribution is -2.12. The van der Waals surface area contributed by atoms with E-state index in [2.05, 4.69) is 4.98 Å². The molecular formula is C20H17NO4. The molecule has 0 saturated heterocycles. The molecule has 0 spiro atoms. The van der Waals surface area contributed by atoms with E-state index in [1.54, 1.807) is 31.4 Å². The number of carbonyl (C=O) groups excluding carboxylic acids is 2. The summed E-state index contributed by atoms with van der Waals surface area (Å²) in [6, 6.07) is 16.6. The summed E-state index contributed by atoms with van der Waals surface area (Å²) in [6.07, 6.45) is 0. The van der Waals surface area contributed by atoms with Gasteiger partial charge >= 0.3 is 5.97 Å². The molecule has 0 atom stereocenters. The summed E-state index contributed by atoms with van der Waals surface area (Å²) in [5.41, 5.74) is 2.55. The molecule has 0 bridgehead atoms. The molecule has 3 aromatic rings. The van der Waals surface area contributed by atoms with Crippen LogP contribution in [0.3, 0.4) is 0 Å². The predicted octanol–water partition coefficient (Wildman–Crippen LogP) is 3.66. The van der Waals surface area contributed by atoms with Crippen LogP contribution in [0.1, 0.15) is 17.3 Å². The SMILES string of the molecule is COc1ccc2nc(-c3ccccc3)cc(C(=O)OCC(C)=O)c2c1. The molecule has 5 heteroatoms. The van der Waals surface area contributed by atoms with Crippen LogP contribution in [0.4, 0.5) is 0 Å². The van der Waals surface area contributed by atoms with Crippen molar-refractivity contribution in [1.82, 2.24) is 4.98 Å². The highest BCUT2D eigenvalue weighted by molar-refractivity contribution is 6.05. The maximum absolute atomic E-state index is 12.5. The number of ether oxygens (including phenoxy) is 2. The molecule has 1 aromatic heterocycles.